The second kappa shape index (κ2) is 6.98. The molecule has 0 amide bonds. The highest BCUT2D eigenvalue weighted by Crippen LogP contribution is 2.29. The number of pyridine rings is 1. The maximum absolute atomic E-state index is 12.2. The Labute approximate surface area is 142 Å². The van der Waals surface area contributed by atoms with Crippen LogP contribution in [0.1, 0.15) is 6.92 Å². The first kappa shape index (κ1) is 17.9. The zero-order valence-electron chi connectivity index (χ0n) is 11.9. The lowest BCUT2D eigenvalue weighted by atomic mass is 10.2. The molecule has 0 saturated heterocycles. The first-order valence-electron chi connectivity index (χ1n) is 6.38. The van der Waals surface area contributed by atoms with Gasteiger partial charge < -0.3 is 10.5 Å². The highest BCUT2D eigenvalue weighted by molar-refractivity contribution is 7.89. The first-order chi connectivity index (χ1) is 10.7. The zero-order chi connectivity index (χ0) is 17.2. The number of rotatable bonds is 5. The van der Waals surface area contributed by atoms with Gasteiger partial charge >= 0.3 is 5.97 Å². The van der Waals surface area contributed by atoms with Gasteiger partial charge in [-0.3, -0.25) is 4.79 Å². The first-order valence-corrected chi connectivity index (χ1v) is 8.62. The molecule has 1 aromatic carbocycles. The average Bonchev–Trinajstić information content (AvgIpc) is 2.50. The standard InChI is InChI=1S/C13H13Cl2N3O4S/c1-7(16)13(19)22-6-18-23(20,21)8-2-3-9-10(4-8)12(15)17-5-11(9)14/h2-5,7,18H,6,16H2,1H3/t7-/m1/s1. The second-order valence-corrected chi connectivity index (χ2v) is 7.18. The molecular weight excluding hydrogens is 365 g/mol. The number of halogens is 2. The summed E-state index contributed by atoms with van der Waals surface area (Å²) in [5, 5.41) is 1.46. The number of nitrogens with one attached hydrogen (secondary N) is 1. The van der Waals surface area contributed by atoms with Crippen molar-refractivity contribution in [3.8, 4) is 0 Å². The Bertz CT molecular complexity index is 856. The van der Waals surface area contributed by atoms with Gasteiger partial charge in [-0.15, -0.1) is 0 Å². The van der Waals surface area contributed by atoms with E-state index in [1.807, 2.05) is 0 Å². The third-order valence-corrected chi connectivity index (χ3v) is 4.88. The van der Waals surface area contributed by atoms with Gasteiger partial charge in [0.05, 0.1) is 9.92 Å². The van der Waals surface area contributed by atoms with Crippen LogP contribution >= 0.6 is 23.2 Å². The lowest BCUT2D eigenvalue weighted by molar-refractivity contribution is -0.144. The summed E-state index contributed by atoms with van der Waals surface area (Å²) in [7, 11) is -3.90. The molecule has 1 aromatic heterocycles. The van der Waals surface area contributed by atoms with Crippen LogP contribution < -0.4 is 10.5 Å². The molecular formula is C13H13Cl2N3O4S. The van der Waals surface area contributed by atoms with Crippen LogP contribution in [0.2, 0.25) is 10.2 Å². The molecule has 0 aliphatic carbocycles. The molecule has 7 nitrogen and oxygen atoms in total. The van der Waals surface area contributed by atoms with Gasteiger partial charge in [0.2, 0.25) is 10.0 Å². The Morgan fingerprint density at radius 1 is 1.39 bits per heavy atom. The molecule has 10 heteroatoms. The fraction of sp³-hybridized carbons (Fsp3) is 0.231. The topological polar surface area (TPSA) is 111 Å². The molecule has 0 radical (unpaired) electrons. The van der Waals surface area contributed by atoms with Gasteiger partial charge in [-0.25, -0.2) is 13.4 Å². The third-order valence-electron chi connectivity index (χ3n) is 2.91. The van der Waals surface area contributed by atoms with Crippen LogP contribution in [0.4, 0.5) is 0 Å². The van der Waals surface area contributed by atoms with Gasteiger partial charge in [-0.1, -0.05) is 29.3 Å². The molecule has 1 heterocycles. The Hall–Kier alpha value is -1.45. The molecule has 23 heavy (non-hydrogen) atoms. The van der Waals surface area contributed by atoms with E-state index < -0.39 is 28.8 Å². The van der Waals surface area contributed by atoms with Crippen LogP contribution in [-0.2, 0) is 19.6 Å². The molecule has 0 unspecified atom stereocenters. The van der Waals surface area contributed by atoms with E-state index in [2.05, 4.69) is 14.4 Å². The molecule has 2 aromatic rings. The van der Waals surface area contributed by atoms with Gasteiger partial charge in [0.15, 0.2) is 6.73 Å². The number of ether oxygens (including phenoxy) is 1. The number of fused-ring (bicyclic) bond motifs is 1. The minimum Gasteiger partial charge on any atom is -0.448 e. The van der Waals surface area contributed by atoms with Crippen molar-refractivity contribution in [1.82, 2.24) is 9.71 Å². The van der Waals surface area contributed by atoms with E-state index in [4.69, 9.17) is 28.9 Å². The minimum atomic E-state index is -3.90. The number of hydrogen-bond donors (Lipinski definition) is 2. The largest absolute Gasteiger partial charge is 0.448 e. The van der Waals surface area contributed by atoms with Gasteiger partial charge in [0.1, 0.15) is 11.2 Å². The lowest BCUT2D eigenvalue weighted by Gasteiger charge is -2.10. The van der Waals surface area contributed by atoms with Crippen molar-refractivity contribution in [2.24, 2.45) is 5.73 Å². The van der Waals surface area contributed by atoms with Crippen molar-refractivity contribution >= 4 is 50.0 Å². The van der Waals surface area contributed by atoms with Crippen LogP contribution in [0.25, 0.3) is 10.8 Å². The van der Waals surface area contributed by atoms with Crippen LogP contribution in [0.5, 0.6) is 0 Å². The van der Waals surface area contributed by atoms with E-state index >= 15 is 0 Å². The fourth-order valence-electron chi connectivity index (χ4n) is 1.71. The van der Waals surface area contributed by atoms with E-state index in [1.54, 1.807) is 0 Å². The summed E-state index contributed by atoms with van der Waals surface area (Å²) < 4.78 is 31.2. The van der Waals surface area contributed by atoms with Crippen molar-refractivity contribution in [3.05, 3.63) is 34.6 Å². The van der Waals surface area contributed by atoms with E-state index in [0.29, 0.717) is 15.8 Å². The number of nitrogens with zero attached hydrogens (tertiary/aromatic N) is 1. The van der Waals surface area contributed by atoms with Crippen molar-refractivity contribution in [3.63, 3.8) is 0 Å². The molecule has 2 rings (SSSR count). The lowest BCUT2D eigenvalue weighted by Crippen LogP contribution is -2.34. The van der Waals surface area contributed by atoms with Gasteiger partial charge in [-0.05, 0) is 19.1 Å². The summed E-state index contributed by atoms with van der Waals surface area (Å²) in [5.74, 6) is -0.717. The van der Waals surface area contributed by atoms with Crippen LogP contribution in [0.3, 0.4) is 0 Å². The number of carbonyl (C=O) groups excluding carboxylic acids is 1. The molecule has 124 valence electrons. The van der Waals surface area contributed by atoms with E-state index in [0.717, 1.165) is 0 Å². The number of nitrogens with two attached hydrogens (primary N) is 1. The van der Waals surface area contributed by atoms with E-state index in [1.165, 1.54) is 31.3 Å². The number of carbonyl (C=O) groups is 1. The Morgan fingerprint density at radius 2 is 2.09 bits per heavy atom. The number of benzene rings is 1. The molecule has 1 atom stereocenters. The summed E-state index contributed by atoms with van der Waals surface area (Å²) >= 11 is 12.0. The maximum atomic E-state index is 12.2. The van der Waals surface area contributed by atoms with Gasteiger partial charge in [0.25, 0.3) is 0 Å². The number of esters is 1. The van der Waals surface area contributed by atoms with E-state index in [9.17, 15) is 13.2 Å². The normalized spacial score (nSPS) is 13.0. The monoisotopic (exact) mass is 377 g/mol. The molecule has 0 aliphatic rings. The highest BCUT2D eigenvalue weighted by atomic mass is 35.5. The fourth-order valence-corrected chi connectivity index (χ4v) is 3.03. The molecule has 0 bridgehead atoms. The third kappa shape index (κ3) is 4.10. The van der Waals surface area contributed by atoms with Crippen molar-refractivity contribution in [2.75, 3.05) is 6.73 Å². The summed E-state index contributed by atoms with van der Waals surface area (Å²) in [6.07, 6.45) is 1.38. The van der Waals surface area contributed by atoms with Crippen molar-refractivity contribution in [1.29, 1.82) is 0 Å². The maximum Gasteiger partial charge on any atom is 0.323 e. The van der Waals surface area contributed by atoms with Gasteiger partial charge in [0, 0.05) is 17.0 Å². The Morgan fingerprint density at radius 3 is 2.74 bits per heavy atom. The predicted molar refractivity (Wildman–Crippen MR) is 86.7 cm³/mol. The smallest absolute Gasteiger partial charge is 0.323 e. The second-order valence-electron chi connectivity index (χ2n) is 4.65. The summed E-state index contributed by atoms with van der Waals surface area (Å²) in [4.78, 5) is 15.0. The van der Waals surface area contributed by atoms with Crippen molar-refractivity contribution in [2.45, 2.75) is 17.9 Å². The number of hydrogen-bond acceptors (Lipinski definition) is 6. The van der Waals surface area contributed by atoms with Crippen molar-refractivity contribution < 1.29 is 17.9 Å². The Balaban J connectivity index is 2.25. The zero-order valence-corrected chi connectivity index (χ0v) is 14.2. The average molecular weight is 378 g/mol. The highest BCUT2D eigenvalue weighted by Gasteiger charge is 2.17. The summed E-state index contributed by atoms with van der Waals surface area (Å²) in [6.45, 7) is 0.904. The number of sulfonamides is 1. The quantitative estimate of drug-likeness (QED) is 0.465. The SMILES string of the molecule is C[C@@H](N)C(=O)OCNS(=O)(=O)c1ccc2c(Cl)cnc(Cl)c2c1. The molecule has 3 N–H and O–H groups in total. The molecule has 0 aliphatic heterocycles. The van der Waals surface area contributed by atoms with Crippen LogP contribution in [0, 0.1) is 0 Å². The van der Waals surface area contributed by atoms with Crippen LogP contribution in [0.15, 0.2) is 29.3 Å². The van der Waals surface area contributed by atoms with E-state index in [-0.39, 0.29) is 10.0 Å². The predicted octanol–water partition coefficient (Wildman–Crippen LogP) is 1.67. The van der Waals surface area contributed by atoms with Crippen LogP contribution in [-0.4, -0.2) is 32.1 Å². The molecule has 0 saturated carbocycles. The Kier molecular flexibility index (Phi) is 5.43. The summed E-state index contributed by atoms with van der Waals surface area (Å²) in [6, 6.07) is 3.38. The molecule has 0 spiro atoms. The minimum absolute atomic E-state index is 0.0622. The number of aromatic nitrogens is 1. The molecule has 0 fully saturated rings. The van der Waals surface area contributed by atoms with Gasteiger partial charge in [-0.2, -0.15) is 4.72 Å². The summed E-state index contributed by atoms with van der Waals surface area (Å²) in [5.41, 5.74) is 5.30.